The number of urea groups is 1. The number of carbonyl (C=O) groups excluding carboxylic acids is 1. The van der Waals surface area contributed by atoms with Crippen LogP contribution in [0.25, 0.3) is 0 Å². The number of carbonyl (C=O) groups is 1. The van der Waals surface area contributed by atoms with Crippen molar-refractivity contribution in [2.24, 2.45) is 11.7 Å². The van der Waals surface area contributed by atoms with Gasteiger partial charge in [-0.25, -0.2) is 4.79 Å². The van der Waals surface area contributed by atoms with Crippen LogP contribution >= 0.6 is 0 Å². The van der Waals surface area contributed by atoms with Crippen molar-refractivity contribution in [1.29, 1.82) is 5.41 Å². The van der Waals surface area contributed by atoms with Crippen molar-refractivity contribution in [1.82, 2.24) is 10.6 Å². The summed E-state index contributed by atoms with van der Waals surface area (Å²) in [7, 11) is 0. The number of nitrogens with two attached hydrogens (primary N) is 1. The Labute approximate surface area is 169 Å². The Bertz CT molecular complexity index is 769. The molecule has 0 fully saturated rings. The first-order valence-corrected chi connectivity index (χ1v) is 9.41. The number of benzene rings is 1. The van der Waals surface area contributed by atoms with Crippen LogP contribution in [0.15, 0.2) is 42.1 Å². The van der Waals surface area contributed by atoms with Gasteiger partial charge in [0.15, 0.2) is 0 Å². The van der Waals surface area contributed by atoms with Crippen molar-refractivity contribution in [3.63, 3.8) is 0 Å². The Morgan fingerprint density at radius 3 is 2.54 bits per heavy atom. The third kappa shape index (κ3) is 6.11. The predicted molar refractivity (Wildman–Crippen MR) is 117 cm³/mol. The lowest BCUT2D eigenvalue weighted by Gasteiger charge is -2.24. The van der Waals surface area contributed by atoms with E-state index < -0.39 is 0 Å². The summed E-state index contributed by atoms with van der Waals surface area (Å²) in [5.74, 6) is -0.303. The molecule has 0 heterocycles. The van der Waals surface area contributed by atoms with E-state index in [1.807, 2.05) is 6.08 Å². The van der Waals surface area contributed by atoms with Gasteiger partial charge in [0.2, 0.25) is 0 Å². The summed E-state index contributed by atoms with van der Waals surface area (Å²) in [4.78, 5) is 12.3. The van der Waals surface area contributed by atoms with Gasteiger partial charge < -0.3 is 21.8 Å². The second-order valence-electron chi connectivity index (χ2n) is 7.67. The predicted octanol–water partition coefficient (Wildman–Crippen LogP) is 3.64. The molecule has 1 aliphatic rings. The number of hydrogen-bond acceptors (Lipinski definition) is 3. The van der Waals surface area contributed by atoms with Gasteiger partial charge >= 0.3 is 6.03 Å². The van der Waals surface area contributed by atoms with Gasteiger partial charge in [0.05, 0.1) is 5.92 Å². The summed E-state index contributed by atoms with van der Waals surface area (Å²) < 4.78 is 0. The summed E-state index contributed by atoms with van der Waals surface area (Å²) in [6.45, 7) is 9.18. The van der Waals surface area contributed by atoms with Gasteiger partial charge in [-0.05, 0) is 34.6 Å². The summed E-state index contributed by atoms with van der Waals surface area (Å²) in [6.07, 6.45) is 15.6. The Hall–Kier alpha value is -2.84. The lowest BCUT2D eigenvalue weighted by Crippen LogP contribution is -2.42. The molecule has 2 rings (SSSR count). The fourth-order valence-electron chi connectivity index (χ4n) is 3.00. The van der Waals surface area contributed by atoms with E-state index in [0.29, 0.717) is 12.2 Å². The zero-order valence-corrected chi connectivity index (χ0v) is 17.3. The SMILES string of the molecule is C#C.CCc1cc(C(C)(C)C)ccc1CNC(=O)NC1=CC=CC(N)C1C=N. The van der Waals surface area contributed by atoms with Crippen LogP contribution < -0.4 is 16.4 Å². The largest absolute Gasteiger partial charge is 0.334 e. The molecule has 5 heteroatoms. The van der Waals surface area contributed by atoms with Crippen LogP contribution in [0.3, 0.4) is 0 Å². The number of amides is 2. The zero-order valence-electron chi connectivity index (χ0n) is 17.3. The molecule has 5 N–H and O–H groups in total. The maximum absolute atomic E-state index is 12.3. The lowest BCUT2D eigenvalue weighted by atomic mass is 9.85. The van der Waals surface area contributed by atoms with Gasteiger partial charge in [-0.1, -0.05) is 58.0 Å². The number of hydrogen-bond donors (Lipinski definition) is 4. The minimum atomic E-state index is -0.303. The van der Waals surface area contributed by atoms with E-state index in [4.69, 9.17) is 11.1 Å². The molecule has 0 bridgehead atoms. The Morgan fingerprint density at radius 1 is 1.29 bits per heavy atom. The fraction of sp³-hybridized carbons (Fsp3) is 0.391. The Kier molecular flexibility index (Phi) is 8.69. The van der Waals surface area contributed by atoms with Crippen molar-refractivity contribution < 1.29 is 4.79 Å². The van der Waals surface area contributed by atoms with E-state index in [1.165, 1.54) is 17.3 Å². The first-order chi connectivity index (χ1) is 13.3. The van der Waals surface area contributed by atoms with Crippen LogP contribution in [0.4, 0.5) is 4.79 Å². The van der Waals surface area contributed by atoms with Crippen molar-refractivity contribution in [2.75, 3.05) is 0 Å². The van der Waals surface area contributed by atoms with Crippen LogP contribution in [0.5, 0.6) is 0 Å². The molecule has 0 aliphatic heterocycles. The first-order valence-electron chi connectivity index (χ1n) is 9.41. The van der Waals surface area contributed by atoms with Crippen LogP contribution in [0.2, 0.25) is 0 Å². The van der Waals surface area contributed by atoms with Gasteiger partial charge in [0.25, 0.3) is 0 Å². The van der Waals surface area contributed by atoms with Gasteiger partial charge in [-0.3, -0.25) is 0 Å². The normalized spacial score (nSPS) is 18.3. The minimum Gasteiger partial charge on any atom is -0.334 e. The van der Waals surface area contributed by atoms with E-state index >= 15 is 0 Å². The van der Waals surface area contributed by atoms with Crippen LogP contribution in [-0.2, 0) is 18.4 Å². The molecule has 0 saturated heterocycles. The highest BCUT2D eigenvalue weighted by molar-refractivity contribution is 5.78. The molecule has 0 radical (unpaired) electrons. The van der Waals surface area contributed by atoms with Gasteiger partial charge in [0, 0.05) is 24.5 Å². The van der Waals surface area contributed by atoms with E-state index in [2.05, 4.69) is 69.4 Å². The average Bonchev–Trinajstić information content (AvgIpc) is 2.67. The third-order valence-electron chi connectivity index (χ3n) is 4.71. The number of aryl methyl sites for hydroxylation is 1. The minimum absolute atomic E-state index is 0.106. The fourth-order valence-corrected chi connectivity index (χ4v) is 3.00. The third-order valence-corrected chi connectivity index (χ3v) is 4.71. The van der Waals surface area contributed by atoms with Crippen molar-refractivity contribution in [2.45, 2.75) is 52.1 Å². The quantitative estimate of drug-likeness (QED) is 0.464. The second-order valence-corrected chi connectivity index (χ2v) is 7.67. The molecule has 1 aromatic rings. The smallest absolute Gasteiger partial charge is 0.319 e. The Balaban J connectivity index is 0.00000190. The van der Waals surface area contributed by atoms with Gasteiger partial charge in [-0.15, -0.1) is 12.8 Å². The molecular weight excluding hydrogens is 348 g/mol. The Morgan fingerprint density at radius 2 is 1.96 bits per heavy atom. The summed E-state index contributed by atoms with van der Waals surface area (Å²) in [5, 5.41) is 13.2. The highest BCUT2D eigenvalue weighted by Crippen LogP contribution is 2.25. The topological polar surface area (TPSA) is 91.0 Å². The van der Waals surface area contributed by atoms with Crippen molar-refractivity contribution >= 4 is 12.2 Å². The maximum atomic E-state index is 12.3. The highest BCUT2D eigenvalue weighted by Gasteiger charge is 2.22. The van der Waals surface area contributed by atoms with E-state index in [0.717, 1.165) is 12.0 Å². The molecule has 28 heavy (non-hydrogen) atoms. The number of terminal acetylenes is 1. The van der Waals surface area contributed by atoms with Crippen molar-refractivity contribution in [3.8, 4) is 12.8 Å². The van der Waals surface area contributed by atoms with Crippen LogP contribution in [0.1, 0.15) is 44.4 Å². The van der Waals surface area contributed by atoms with Gasteiger partial charge in [-0.2, -0.15) is 0 Å². The molecule has 5 nitrogen and oxygen atoms in total. The average molecular weight is 381 g/mol. The number of rotatable bonds is 5. The maximum Gasteiger partial charge on any atom is 0.319 e. The van der Waals surface area contributed by atoms with Crippen LogP contribution in [0, 0.1) is 24.2 Å². The molecule has 2 unspecified atom stereocenters. The lowest BCUT2D eigenvalue weighted by molar-refractivity contribution is 0.242. The van der Waals surface area contributed by atoms with E-state index in [-0.39, 0.29) is 23.4 Å². The van der Waals surface area contributed by atoms with Crippen molar-refractivity contribution in [3.05, 3.63) is 58.8 Å². The van der Waals surface area contributed by atoms with Crippen LogP contribution in [-0.4, -0.2) is 18.3 Å². The standard InChI is InChI=1S/C21H30N4O.C2H2/c1-5-14-11-16(21(2,3)4)10-9-15(14)13-24-20(26)25-19-8-6-7-18(23)17(19)12-22;1-2/h6-12,17-18,22H,5,13,23H2,1-4H3,(H2,24,25,26);1-2H. The molecule has 0 saturated carbocycles. The molecule has 2 atom stereocenters. The molecular formula is C23H32N4O. The number of allylic oxidation sites excluding steroid dienone is 2. The van der Waals surface area contributed by atoms with Gasteiger partial charge in [0.1, 0.15) is 0 Å². The molecule has 0 aromatic heterocycles. The summed E-state index contributed by atoms with van der Waals surface area (Å²) in [6, 6.07) is 5.88. The number of nitrogens with one attached hydrogen (secondary N) is 3. The zero-order chi connectivity index (χ0) is 21.3. The summed E-state index contributed by atoms with van der Waals surface area (Å²) in [5.41, 5.74) is 10.4. The highest BCUT2D eigenvalue weighted by atomic mass is 16.2. The molecule has 150 valence electrons. The summed E-state index contributed by atoms with van der Waals surface area (Å²) >= 11 is 0. The molecule has 0 spiro atoms. The second kappa shape index (κ2) is 10.5. The first kappa shape index (κ1) is 23.2. The molecule has 2 amide bonds. The molecule has 1 aliphatic carbocycles. The van der Waals surface area contributed by atoms with E-state index in [9.17, 15) is 4.79 Å². The van der Waals surface area contributed by atoms with E-state index in [1.54, 1.807) is 12.2 Å². The monoisotopic (exact) mass is 380 g/mol. The molecule has 1 aromatic carbocycles.